The first-order valence-electron chi connectivity index (χ1n) is 9.28. The van der Waals surface area contributed by atoms with Crippen LogP contribution in [0, 0.1) is 18.7 Å². The van der Waals surface area contributed by atoms with Crippen molar-refractivity contribution in [1.82, 2.24) is 9.97 Å². The van der Waals surface area contributed by atoms with Crippen LogP contribution in [0.2, 0.25) is 0 Å². The van der Waals surface area contributed by atoms with Gasteiger partial charge in [0.05, 0.1) is 5.69 Å². The Labute approximate surface area is 167 Å². The van der Waals surface area contributed by atoms with E-state index in [2.05, 4.69) is 15.2 Å². The van der Waals surface area contributed by atoms with Crippen LogP contribution in [0.4, 0.5) is 15.3 Å². The third kappa shape index (κ3) is 4.20. The van der Waals surface area contributed by atoms with Gasteiger partial charge < -0.3 is 10.2 Å². The molecular formula is C21H21FN4OS. The number of thiazole rings is 1. The number of hydrogen-bond donors (Lipinski definition) is 1. The molecule has 3 aromatic rings. The van der Waals surface area contributed by atoms with E-state index in [0.717, 1.165) is 47.9 Å². The lowest BCUT2D eigenvalue weighted by Gasteiger charge is -2.30. The summed E-state index contributed by atoms with van der Waals surface area (Å²) in [6.07, 6.45) is 3.31. The summed E-state index contributed by atoms with van der Waals surface area (Å²) in [6, 6.07) is 10.1. The Bertz CT molecular complexity index is 947. The Morgan fingerprint density at radius 2 is 1.93 bits per heavy atom. The number of amides is 1. The Balaban J connectivity index is 1.34. The van der Waals surface area contributed by atoms with E-state index in [-0.39, 0.29) is 17.6 Å². The van der Waals surface area contributed by atoms with Crippen molar-refractivity contribution in [2.45, 2.75) is 19.8 Å². The number of halogens is 1. The summed E-state index contributed by atoms with van der Waals surface area (Å²) in [5, 5.41) is 5.84. The van der Waals surface area contributed by atoms with Gasteiger partial charge in [-0.15, -0.1) is 11.3 Å². The van der Waals surface area contributed by atoms with Crippen LogP contribution in [0.1, 0.15) is 18.4 Å². The maximum atomic E-state index is 13.1. The summed E-state index contributed by atoms with van der Waals surface area (Å²) >= 11 is 1.58. The number of anilines is 2. The second kappa shape index (κ2) is 8.06. The van der Waals surface area contributed by atoms with Crippen LogP contribution >= 0.6 is 11.3 Å². The molecule has 0 aliphatic carbocycles. The first-order valence-corrected chi connectivity index (χ1v) is 10.2. The average Bonchev–Trinajstić information content (AvgIpc) is 3.20. The number of pyridine rings is 1. The first kappa shape index (κ1) is 18.6. The highest BCUT2D eigenvalue weighted by molar-refractivity contribution is 7.14. The lowest BCUT2D eigenvalue weighted by atomic mass is 9.96. The highest BCUT2D eigenvalue weighted by atomic mass is 32.1. The van der Waals surface area contributed by atoms with E-state index in [1.165, 1.54) is 12.1 Å². The summed E-state index contributed by atoms with van der Waals surface area (Å²) in [6.45, 7) is 3.54. The lowest BCUT2D eigenvalue weighted by molar-refractivity contribution is -0.120. The Hall–Kier alpha value is -2.80. The van der Waals surface area contributed by atoms with Crippen molar-refractivity contribution < 1.29 is 9.18 Å². The molecule has 1 aliphatic rings. The predicted octanol–water partition coefficient (Wildman–Crippen LogP) is 4.51. The van der Waals surface area contributed by atoms with Crippen molar-refractivity contribution >= 4 is 28.2 Å². The van der Waals surface area contributed by atoms with Crippen molar-refractivity contribution in [3.63, 3.8) is 0 Å². The summed E-state index contributed by atoms with van der Waals surface area (Å²) in [5.74, 6) is 0.361. The van der Waals surface area contributed by atoms with Gasteiger partial charge in [-0.2, -0.15) is 0 Å². The fourth-order valence-electron chi connectivity index (χ4n) is 3.27. The van der Waals surface area contributed by atoms with Crippen LogP contribution in [-0.4, -0.2) is 29.0 Å². The molecule has 1 aromatic carbocycles. The van der Waals surface area contributed by atoms with Crippen LogP contribution in [-0.2, 0) is 4.79 Å². The van der Waals surface area contributed by atoms with Crippen molar-refractivity contribution in [2.24, 2.45) is 5.92 Å². The number of carbonyl (C=O) groups is 1. The third-order valence-corrected chi connectivity index (χ3v) is 5.83. The standard InChI is InChI=1S/C21H21FN4OS/c1-14-2-7-19(23-12-14)25-20(27)16-8-10-26(11-9-16)21-24-18(13-28-21)15-3-5-17(22)6-4-15/h2-7,12-13,16H,8-11H2,1H3,(H,23,25,27). The van der Waals surface area contributed by atoms with Gasteiger partial charge in [-0.3, -0.25) is 4.79 Å². The van der Waals surface area contributed by atoms with Gasteiger partial charge in [0.2, 0.25) is 5.91 Å². The second-order valence-electron chi connectivity index (χ2n) is 6.99. The van der Waals surface area contributed by atoms with E-state index in [4.69, 9.17) is 4.98 Å². The normalized spacial score (nSPS) is 14.9. The zero-order valence-corrected chi connectivity index (χ0v) is 16.4. The van der Waals surface area contributed by atoms with Crippen LogP contribution in [0.15, 0.2) is 48.0 Å². The Kier molecular flexibility index (Phi) is 5.34. The van der Waals surface area contributed by atoms with Crippen molar-refractivity contribution in [2.75, 3.05) is 23.3 Å². The molecule has 0 atom stereocenters. The number of nitrogens with one attached hydrogen (secondary N) is 1. The molecule has 0 radical (unpaired) electrons. The molecule has 1 saturated heterocycles. The highest BCUT2D eigenvalue weighted by Gasteiger charge is 2.26. The van der Waals surface area contributed by atoms with Gasteiger partial charge in [0.1, 0.15) is 11.6 Å². The molecule has 0 unspecified atom stereocenters. The van der Waals surface area contributed by atoms with Gasteiger partial charge >= 0.3 is 0 Å². The van der Waals surface area contributed by atoms with Gasteiger partial charge in [-0.25, -0.2) is 14.4 Å². The summed E-state index contributed by atoms with van der Waals surface area (Å²) in [5.41, 5.74) is 2.82. The molecule has 144 valence electrons. The maximum Gasteiger partial charge on any atom is 0.228 e. The molecule has 0 saturated carbocycles. The van der Waals surface area contributed by atoms with Crippen LogP contribution in [0.25, 0.3) is 11.3 Å². The fraction of sp³-hybridized carbons (Fsp3) is 0.286. The van der Waals surface area contributed by atoms with Crippen molar-refractivity contribution in [1.29, 1.82) is 0 Å². The zero-order chi connectivity index (χ0) is 19.5. The van der Waals surface area contributed by atoms with Gasteiger partial charge in [0, 0.05) is 36.1 Å². The molecule has 7 heteroatoms. The Morgan fingerprint density at radius 1 is 1.18 bits per heavy atom. The summed E-state index contributed by atoms with van der Waals surface area (Å²) in [4.78, 5) is 23.6. The lowest BCUT2D eigenvalue weighted by Crippen LogP contribution is -2.38. The molecule has 28 heavy (non-hydrogen) atoms. The van der Waals surface area contributed by atoms with Gasteiger partial charge in [-0.05, 0) is 55.7 Å². The van der Waals surface area contributed by atoms with Crippen LogP contribution < -0.4 is 10.2 Å². The van der Waals surface area contributed by atoms with Crippen molar-refractivity contribution in [3.05, 3.63) is 59.4 Å². The number of rotatable bonds is 4. The van der Waals surface area contributed by atoms with E-state index in [1.54, 1.807) is 29.7 Å². The SMILES string of the molecule is Cc1ccc(NC(=O)C2CCN(c3nc(-c4ccc(F)cc4)cs3)CC2)nc1. The fourth-order valence-corrected chi connectivity index (χ4v) is 4.15. The highest BCUT2D eigenvalue weighted by Crippen LogP contribution is 2.30. The molecule has 5 nitrogen and oxygen atoms in total. The van der Waals surface area contributed by atoms with Crippen LogP contribution in [0.5, 0.6) is 0 Å². The summed E-state index contributed by atoms with van der Waals surface area (Å²) < 4.78 is 13.1. The van der Waals surface area contributed by atoms with Gasteiger partial charge in [0.25, 0.3) is 0 Å². The maximum absolute atomic E-state index is 13.1. The minimum absolute atomic E-state index is 0.0177. The minimum atomic E-state index is -0.250. The van der Waals surface area contributed by atoms with E-state index >= 15 is 0 Å². The van der Waals surface area contributed by atoms with Crippen molar-refractivity contribution in [3.8, 4) is 11.3 Å². The zero-order valence-electron chi connectivity index (χ0n) is 15.6. The number of hydrogen-bond acceptors (Lipinski definition) is 5. The molecule has 1 N–H and O–H groups in total. The van der Waals surface area contributed by atoms with Crippen LogP contribution in [0.3, 0.4) is 0 Å². The number of aryl methyl sites for hydroxylation is 1. The molecule has 4 rings (SSSR count). The predicted molar refractivity (Wildman–Crippen MR) is 110 cm³/mol. The number of carbonyl (C=O) groups excluding carboxylic acids is 1. The smallest absolute Gasteiger partial charge is 0.228 e. The topological polar surface area (TPSA) is 58.1 Å². The first-order chi connectivity index (χ1) is 13.6. The largest absolute Gasteiger partial charge is 0.348 e. The molecule has 2 aromatic heterocycles. The molecular weight excluding hydrogens is 375 g/mol. The minimum Gasteiger partial charge on any atom is -0.348 e. The van der Waals surface area contributed by atoms with Gasteiger partial charge in [-0.1, -0.05) is 6.07 Å². The molecule has 3 heterocycles. The van der Waals surface area contributed by atoms with E-state index in [0.29, 0.717) is 5.82 Å². The van der Waals surface area contributed by atoms with E-state index < -0.39 is 0 Å². The number of benzene rings is 1. The molecule has 0 bridgehead atoms. The molecule has 1 amide bonds. The monoisotopic (exact) mass is 396 g/mol. The van der Waals surface area contributed by atoms with E-state index in [9.17, 15) is 9.18 Å². The number of piperidine rings is 1. The molecule has 1 fully saturated rings. The molecule has 1 aliphatic heterocycles. The Morgan fingerprint density at radius 3 is 2.61 bits per heavy atom. The molecule has 0 spiro atoms. The number of nitrogens with zero attached hydrogens (tertiary/aromatic N) is 3. The number of aromatic nitrogens is 2. The third-order valence-electron chi connectivity index (χ3n) is 4.93. The average molecular weight is 396 g/mol. The summed E-state index contributed by atoms with van der Waals surface area (Å²) in [7, 11) is 0. The quantitative estimate of drug-likeness (QED) is 0.705. The van der Waals surface area contributed by atoms with E-state index in [1.807, 2.05) is 24.4 Å². The second-order valence-corrected chi connectivity index (χ2v) is 7.83. The van der Waals surface area contributed by atoms with Gasteiger partial charge in [0.15, 0.2) is 5.13 Å².